The Hall–Kier alpha value is -3.11. The molecule has 0 radical (unpaired) electrons. The van der Waals surface area contributed by atoms with Gasteiger partial charge in [-0.1, -0.05) is 12.1 Å². The van der Waals surface area contributed by atoms with Crippen LogP contribution in [0.2, 0.25) is 0 Å². The number of allylic oxidation sites excluding steroid dienone is 1. The summed E-state index contributed by atoms with van der Waals surface area (Å²) in [6.07, 6.45) is 1.70. The van der Waals surface area contributed by atoms with Gasteiger partial charge >= 0.3 is 0 Å². The van der Waals surface area contributed by atoms with Gasteiger partial charge in [0.15, 0.2) is 0 Å². The van der Waals surface area contributed by atoms with Gasteiger partial charge in [-0.05, 0) is 30.7 Å². The number of aliphatic hydroxyl groups excluding tert-OH is 1. The zero-order valence-corrected chi connectivity index (χ0v) is 13.6. The van der Waals surface area contributed by atoms with Crippen molar-refractivity contribution in [1.29, 1.82) is 5.26 Å². The van der Waals surface area contributed by atoms with Crippen molar-refractivity contribution in [2.75, 3.05) is 17.7 Å². The maximum absolute atomic E-state index is 11.0. The summed E-state index contributed by atoms with van der Waals surface area (Å²) in [7, 11) is 0. The molecule has 124 valence electrons. The first kappa shape index (κ1) is 17.2. The van der Waals surface area contributed by atoms with Crippen molar-refractivity contribution in [3.8, 4) is 6.07 Å². The van der Waals surface area contributed by atoms with Gasteiger partial charge in [0.1, 0.15) is 17.6 Å². The predicted octanol–water partition coefficient (Wildman–Crippen LogP) is 1.79. The Balaban J connectivity index is 2.35. The molecule has 0 saturated carbocycles. The molecule has 0 fully saturated rings. The maximum atomic E-state index is 11.0. The zero-order chi connectivity index (χ0) is 17.7. The van der Waals surface area contributed by atoms with Crippen molar-refractivity contribution in [2.24, 2.45) is 0 Å². The number of benzene rings is 1. The van der Waals surface area contributed by atoms with Crippen LogP contribution in [-0.4, -0.2) is 27.4 Å². The average molecular weight is 325 g/mol. The molecule has 0 bridgehead atoms. The quantitative estimate of drug-likeness (QED) is 0.725. The van der Waals surface area contributed by atoms with E-state index in [2.05, 4.69) is 16.5 Å². The number of rotatable bonds is 5. The number of aliphatic hydroxyl groups is 1. The monoisotopic (exact) mass is 325 g/mol. The van der Waals surface area contributed by atoms with Gasteiger partial charge in [0.25, 0.3) is 0 Å². The van der Waals surface area contributed by atoms with Crippen LogP contribution >= 0.6 is 0 Å². The Kier molecular flexibility index (Phi) is 5.35. The predicted molar refractivity (Wildman–Crippen MR) is 92.7 cm³/mol. The summed E-state index contributed by atoms with van der Waals surface area (Å²) < 4.78 is 1.48. The first-order valence-electron chi connectivity index (χ1n) is 7.39. The second-order valence-corrected chi connectivity index (χ2v) is 5.28. The van der Waals surface area contributed by atoms with E-state index >= 15 is 0 Å². The Morgan fingerprint density at radius 1 is 1.46 bits per heavy atom. The topological polar surface area (TPSA) is 117 Å². The highest BCUT2D eigenvalue weighted by molar-refractivity contribution is 5.91. The van der Waals surface area contributed by atoms with Crippen molar-refractivity contribution in [3.05, 3.63) is 41.1 Å². The molecule has 4 N–H and O–H groups in total. The number of nitriles is 1. The molecule has 1 aromatic carbocycles. The highest BCUT2D eigenvalue weighted by atomic mass is 16.3. The molecular formula is C17H19N5O2. The van der Waals surface area contributed by atoms with Gasteiger partial charge in [-0.15, -0.1) is 0 Å². The summed E-state index contributed by atoms with van der Waals surface area (Å²) >= 11 is 0. The van der Waals surface area contributed by atoms with Gasteiger partial charge < -0.3 is 16.2 Å². The number of amides is 1. The normalized spacial score (nSPS) is 11.2. The molecule has 2 aromatic rings. The Bertz CT molecular complexity index is 813. The molecule has 0 unspecified atom stereocenters. The van der Waals surface area contributed by atoms with Crippen molar-refractivity contribution >= 4 is 29.1 Å². The second-order valence-electron chi connectivity index (χ2n) is 5.28. The van der Waals surface area contributed by atoms with E-state index < -0.39 is 0 Å². The molecule has 0 saturated heterocycles. The van der Waals surface area contributed by atoms with Crippen molar-refractivity contribution in [3.63, 3.8) is 0 Å². The lowest BCUT2D eigenvalue weighted by Crippen LogP contribution is -2.07. The van der Waals surface area contributed by atoms with Crippen molar-refractivity contribution < 1.29 is 9.90 Å². The molecule has 7 heteroatoms. The van der Waals surface area contributed by atoms with Crippen LogP contribution in [0.5, 0.6) is 0 Å². The molecule has 0 aliphatic carbocycles. The minimum absolute atomic E-state index is 0.0824. The lowest BCUT2D eigenvalue weighted by Gasteiger charge is -2.02. The number of hydrogen-bond donors (Lipinski definition) is 3. The first-order chi connectivity index (χ1) is 11.5. The average Bonchev–Trinajstić information content (AvgIpc) is 2.82. The minimum atomic E-state index is -0.142. The number of nitrogens with one attached hydrogen (secondary N) is 1. The van der Waals surface area contributed by atoms with E-state index in [1.54, 1.807) is 37.3 Å². The third-order valence-corrected chi connectivity index (χ3v) is 3.47. The van der Waals surface area contributed by atoms with Gasteiger partial charge in [0, 0.05) is 18.2 Å². The summed E-state index contributed by atoms with van der Waals surface area (Å²) in [6.45, 7) is 3.42. The molecule has 0 spiro atoms. The fourth-order valence-corrected chi connectivity index (χ4v) is 2.27. The summed E-state index contributed by atoms with van der Waals surface area (Å²) in [5.74, 6) is 0.290. The first-order valence-corrected chi connectivity index (χ1v) is 7.39. The third-order valence-electron chi connectivity index (χ3n) is 3.47. The van der Waals surface area contributed by atoms with Gasteiger partial charge in [0.05, 0.1) is 18.7 Å². The Labute approximate surface area is 140 Å². The molecule has 24 heavy (non-hydrogen) atoms. The number of nitrogens with zero attached hydrogens (tertiary/aromatic N) is 3. The fraction of sp³-hybridized carbons (Fsp3) is 0.235. The summed E-state index contributed by atoms with van der Waals surface area (Å²) in [5, 5.41) is 25.5. The minimum Gasteiger partial charge on any atom is -0.394 e. The number of nitrogens with two attached hydrogens (primary N) is 1. The zero-order valence-electron chi connectivity index (χ0n) is 13.6. The highest BCUT2D eigenvalue weighted by Crippen LogP contribution is 2.24. The van der Waals surface area contributed by atoms with E-state index in [9.17, 15) is 10.1 Å². The van der Waals surface area contributed by atoms with Crippen molar-refractivity contribution in [1.82, 2.24) is 9.78 Å². The van der Waals surface area contributed by atoms with Crippen molar-refractivity contribution in [2.45, 2.75) is 20.4 Å². The number of carbonyl (C=O) groups is 1. The van der Waals surface area contributed by atoms with Crippen LogP contribution in [0, 0.1) is 18.3 Å². The molecule has 2 rings (SSSR count). The fourth-order valence-electron chi connectivity index (χ4n) is 2.27. The van der Waals surface area contributed by atoms with Gasteiger partial charge in [-0.25, -0.2) is 4.68 Å². The number of nitrogen functional groups attached to an aromatic ring is 1. The van der Waals surface area contributed by atoms with Crippen LogP contribution in [0.25, 0.3) is 11.6 Å². The molecule has 0 aliphatic heterocycles. The molecular weight excluding hydrogens is 306 g/mol. The number of aromatic nitrogens is 2. The SMILES string of the molecule is CC(=O)Nc1ccc(/C=C(\C#N)c2nn(CCO)c(N)c2C)cc1. The molecule has 0 aliphatic rings. The number of anilines is 2. The highest BCUT2D eigenvalue weighted by Gasteiger charge is 2.15. The Morgan fingerprint density at radius 2 is 2.12 bits per heavy atom. The van der Waals surface area contributed by atoms with E-state index in [0.717, 1.165) is 5.56 Å². The molecule has 1 aromatic heterocycles. The van der Waals surface area contributed by atoms with Crippen LogP contribution in [0.15, 0.2) is 24.3 Å². The standard InChI is InChI=1S/C17H19N5O2/c1-11-16(21-22(7-8-23)17(11)19)14(10-18)9-13-3-5-15(6-4-13)20-12(2)24/h3-6,9,23H,7-8,19H2,1-2H3,(H,20,24)/b14-9+. The largest absolute Gasteiger partial charge is 0.394 e. The summed E-state index contributed by atoms with van der Waals surface area (Å²) in [5.41, 5.74) is 9.01. The molecule has 1 amide bonds. The molecule has 0 atom stereocenters. The van der Waals surface area contributed by atoms with E-state index in [4.69, 9.17) is 10.8 Å². The van der Waals surface area contributed by atoms with Crippen LogP contribution < -0.4 is 11.1 Å². The van der Waals surface area contributed by atoms with Gasteiger partial charge in [-0.2, -0.15) is 10.4 Å². The van der Waals surface area contributed by atoms with Crippen LogP contribution in [0.3, 0.4) is 0 Å². The van der Waals surface area contributed by atoms with Crippen LogP contribution in [0.1, 0.15) is 23.7 Å². The van der Waals surface area contributed by atoms with Gasteiger partial charge in [0.2, 0.25) is 5.91 Å². The van der Waals surface area contributed by atoms with E-state index in [0.29, 0.717) is 28.3 Å². The summed E-state index contributed by atoms with van der Waals surface area (Å²) in [4.78, 5) is 11.0. The van der Waals surface area contributed by atoms with E-state index in [1.165, 1.54) is 11.6 Å². The third kappa shape index (κ3) is 3.80. The van der Waals surface area contributed by atoms with E-state index in [-0.39, 0.29) is 19.1 Å². The van der Waals surface area contributed by atoms with E-state index in [1.807, 2.05) is 0 Å². The number of hydrogen-bond acceptors (Lipinski definition) is 5. The van der Waals surface area contributed by atoms with Crippen LogP contribution in [0.4, 0.5) is 11.5 Å². The lowest BCUT2D eigenvalue weighted by atomic mass is 10.1. The smallest absolute Gasteiger partial charge is 0.221 e. The number of carbonyl (C=O) groups excluding carboxylic acids is 1. The summed E-state index contributed by atoms with van der Waals surface area (Å²) in [6, 6.07) is 9.25. The van der Waals surface area contributed by atoms with Gasteiger partial charge in [-0.3, -0.25) is 4.79 Å². The van der Waals surface area contributed by atoms with Crippen LogP contribution in [-0.2, 0) is 11.3 Å². The second kappa shape index (κ2) is 7.44. The Morgan fingerprint density at radius 3 is 2.67 bits per heavy atom. The maximum Gasteiger partial charge on any atom is 0.221 e. The lowest BCUT2D eigenvalue weighted by molar-refractivity contribution is -0.114. The molecule has 7 nitrogen and oxygen atoms in total. The molecule has 1 heterocycles.